The van der Waals surface area contributed by atoms with Crippen LogP contribution in [-0.2, 0) is 4.74 Å². The van der Waals surface area contributed by atoms with Crippen LogP contribution >= 0.6 is 0 Å². The van der Waals surface area contributed by atoms with Gasteiger partial charge < -0.3 is 15.0 Å². The maximum atomic E-state index is 12.5. The third kappa shape index (κ3) is 3.78. The molecule has 2 fully saturated rings. The zero-order valence-electron chi connectivity index (χ0n) is 14.5. The van der Waals surface area contributed by atoms with E-state index in [0.29, 0.717) is 17.4 Å². The molecule has 0 spiro atoms. The summed E-state index contributed by atoms with van der Waals surface area (Å²) in [5.74, 6) is 1.33. The third-order valence-corrected chi connectivity index (χ3v) is 5.30. The molecule has 1 aromatic rings. The van der Waals surface area contributed by atoms with Crippen LogP contribution in [0.15, 0.2) is 18.2 Å². The number of benzene rings is 1. The molecular formula is C19H26N2O3. The summed E-state index contributed by atoms with van der Waals surface area (Å²) < 4.78 is 5.43. The van der Waals surface area contributed by atoms with Crippen LogP contribution in [0, 0.1) is 18.8 Å². The summed E-state index contributed by atoms with van der Waals surface area (Å²) in [5.41, 5.74) is 2.34. The van der Waals surface area contributed by atoms with Gasteiger partial charge in [0.15, 0.2) is 5.78 Å². The molecule has 0 radical (unpaired) electrons. The number of Topliss-reactive ketones (excluding diaryl/α,β-unsaturated/α-hetero) is 1. The van der Waals surface area contributed by atoms with Crippen molar-refractivity contribution in [1.82, 2.24) is 4.90 Å². The van der Waals surface area contributed by atoms with Crippen LogP contribution in [0.2, 0.25) is 0 Å². The van der Waals surface area contributed by atoms with Gasteiger partial charge >= 0.3 is 6.03 Å². The van der Waals surface area contributed by atoms with E-state index < -0.39 is 0 Å². The molecular weight excluding hydrogens is 304 g/mol. The number of rotatable bonds is 3. The van der Waals surface area contributed by atoms with E-state index in [0.717, 1.165) is 56.8 Å². The van der Waals surface area contributed by atoms with Gasteiger partial charge in [0.1, 0.15) is 0 Å². The Kier molecular flexibility index (Phi) is 5.19. The van der Waals surface area contributed by atoms with Crippen LogP contribution in [0.4, 0.5) is 10.5 Å². The molecule has 2 aliphatic rings. The fourth-order valence-electron chi connectivity index (χ4n) is 3.88. The van der Waals surface area contributed by atoms with Gasteiger partial charge in [-0.1, -0.05) is 0 Å². The predicted molar refractivity (Wildman–Crippen MR) is 93.4 cm³/mol. The van der Waals surface area contributed by atoms with E-state index in [1.54, 1.807) is 19.1 Å². The minimum absolute atomic E-state index is 0.0421. The second-order valence-corrected chi connectivity index (χ2v) is 6.96. The van der Waals surface area contributed by atoms with E-state index in [1.807, 2.05) is 17.9 Å². The average molecular weight is 330 g/mol. The molecule has 5 nitrogen and oxygen atoms in total. The minimum Gasteiger partial charge on any atom is -0.381 e. The van der Waals surface area contributed by atoms with Crippen LogP contribution in [0.3, 0.4) is 0 Å². The normalized spacial score (nSPS) is 21.8. The van der Waals surface area contributed by atoms with Crippen molar-refractivity contribution in [2.24, 2.45) is 11.8 Å². The van der Waals surface area contributed by atoms with E-state index in [4.69, 9.17) is 4.74 Å². The van der Waals surface area contributed by atoms with Crippen LogP contribution < -0.4 is 5.32 Å². The van der Waals surface area contributed by atoms with E-state index in [-0.39, 0.29) is 11.8 Å². The molecule has 2 amide bonds. The largest absolute Gasteiger partial charge is 0.381 e. The second-order valence-electron chi connectivity index (χ2n) is 6.96. The van der Waals surface area contributed by atoms with Crippen molar-refractivity contribution >= 4 is 17.5 Å². The number of carbonyl (C=O) groups excluding carboxylic acids is 2. The first kappa shape index (κ1) is 17.0. The highest BCUT2D eigenvalue weighted by Gasteiger charge is 2.32. The van der Waals surface area contributed by atoms with Gasteiger partial charge in [-0.15, -0.1) is 0 Å². The Labute approximate surface area is 143 Å². The minimum atomic E-state index is -0.0421. The number of ether oxygens (including phenoxy) is 1. The molecule has 0 saturated carbocycles. The fraction of sp³-hybridized carbons (Fsp3) is 0.579. The smallest absolute Gasteiger partial charge is 0.321 e. The van der Waals surface area contributed by atoms with Gasteiger partial charge in [0.25, 0.3) is 0 Å². The van der Waals surface area contributed by atoms with Crippen molar-refractivity contribution < 1.29 is 14.3 Å². The maximum Gasteiger partial charge on any atom is 0.321 e. The molecule has 130 valence electrons. The number of amides is 2. The molecule has 1 N–H and O–H groups in total. The van der Waals surface area contributed by atoms with Gasteiger partial charge in [-0.3, -0.25) is 4.79 Å². The summed E-state index contributed by atoms with van der Waals surface area (Å²) in [6, 6.07) is 5.40. The number of hydrogen-bond donors (Lipinski definition) is 1. The van der Waals surface area contributed by atoms with Crippen LogP contribution in [0.25, 0.3) is 0 Å². The highest BCUT2D eigenvalue weighted by Crippen LogP contribution is 2.31. The van der Waals surface area contributed by atoms with Gasteiger partial charge in [0.05, 0.1) is 0 Å². The first-order chi connectivity index (χ1) is 11.5. The molecule has 24 heavy (non-hydrogen) atoms. The summed E-state index contributed by atoms with van der Waals surface area (Å²) in [6.45, 7) is 6.81. The summed E-state index contributed by atoms with van der Waals surface area (Å²) in [5, 5.41) is 2.97. The monoisotopic (exact) mass is 330 g/mol. The number of aryl methyl sites for hydroxylation is 1. The first-order valence-corrected chi connectivity index (χ1v) is 8.80. The lowest BCUT2D eigenvalue weighted by Gasteiger charge is -2.27. The molecule has 0 aliphatic carbocycles. The van der Waals surface area contributed by atoms with Crippen molar-refractivity contribution in [3.05, 3.63) is 29.3 Å². The number of carbonyl (C=O) groups is 2. The third-order valence-electron chi connectivity index (χ3n) is 5.30. The molecule has 3 rings (SSSR count). The van der Waals surface area contributed by atoms with E-state index in [9.17, 15) is 9.59 Å². The standard InChI is InChI=1S/C19H26N2O3/c1-13-11-17(3-4-18(13)14(2)22)20-19(23)21-8-5-16(12-21)15-6-9-24-10-7-15/h3-4,11,15-16H,5-10,12H2,1-2H3,(H,20,23). The molecule has 0 bridgehead atoms. The zero-order chi connectivity index (χ0) is 17.1. The van der Waals surface area contributed by atoms with Gasteiger partial charge in [-0.25, -0.2) is 4.79 Å². The molecule has 1 unspecified atom stereocenters. The summed E-state index contributed by atoms with van der Waals surface area (Å²) in [6.07, 6.45) is 3.32. The molecule has 2 saturated heterocycles. The van der Waals surface area contributed by atoms with Gasteiger partial charge in [-0.2, -0.15) is 0 Å². The average Bonchev–Trinajstić information content (AvgIpc) is 3.05. The SMILES string of the molecule is CC(=O)c1ccc(NC(=O)N2CCC(C3CCOCC3)C2)cc1C. The maximum absolute atomic E-state index is 12.5. The summed E-state index contributed by atoms with van der Waals surface area (Å²) >= 11 is 0. The number of likely N-dealkylation sites (tertiary alicyclic amines) is 1. The van der Waals surface area contributed by atoms with Crippen molar-refractivity contribution in [3.8, 4) is 0 Å². The highest BCUT2D eigenvalue weighted by molar-refractivity contribution is 5.97. The predicted octanol–water partition coefficient (Wildman–Crippen LogP) is 3.48. The topological polar surface area (TPSA) is 58.6 Å². The van der Waals surface area contributed by atoms with Gasteiger partial charge in [0.2, 0.25) is 0 Å². The van der Waals surface area contributed by atoms with Crippen molar-refractivity contribution in [3.63, 3.8) is 0 Å². The quantitative estimate of drug-likeness (QED) is 0.863. The molecule has 2 aliphatic heterocycles. The van der Waals surface area contributed by atoms with E-state index in [1.165, 1.54) is 0 Å². The fourth-order valence-corrected chi connectivity index (χ4v) is 3.88. The lowest BCUT2D eigenvalue weighted by Crippen LogP contribution is -2.34. The highest BCUT2D eigenvalue weighted by atomic mass is 16.5. The summed E-state index contributed by atoms with van der Waals surface area (Å²) in [4.78, 5) is 25.9. The summed E-state index contributed by atoms with van der Waals surface area (Å²) in [7, 11) is 0. The Morgan fingerprint density at radius 3 is 2.58 bits per heavy atom. The molecule has 1 aromatic carbocycles. The number of ketones is 1. The van der Waals surface area contributed by atoms with Crippen molar-refractivity contribution in [2.45, 2.75) is 33.1 Å². The van der Waals surface area contributed by atoms with Gasteiger partial charge in [-0.05, 0) is 68.7 Å². The van der Waals surface area contributed by atoms with Crippen LogP contribution in [0.1, 0.15) is 42.1 Å². The Hall–Kier alpha value is -1.88. The molecule has 0 aromatic heterocycles. The van der Waals surface area contributed by atoms with Crippen LogP contribution in [-0.4, -0.2) is 43.0 Å². The number of hydrogen-bond acceptors (Lipinski definition) is 3. The Balaban J connectivity index is 1.57. The second kappa shape index (κ2) is 7.34. The Morgan fingerprint density at radius 1 is 1.17 bits per heavy atom. The van der Waals surface area contributed by atoms with Crippen molar-refractivity contribution in [2.75, 3.05) is 31.6 Å². The molecule has 2 heterocycles. The van der Waals surface area contributed by atoms with E-state index >= 15 is 0 Å². The molecule has 1 atom stereocenters. The number of nitrogens with zero attached hydrogens (tertiary/aromatic N) is 1. The first-order valence-electron chi connectivity index (χ1n) is 8.80. The van der Waals surface area contributed by atoms with Crippen molar-refractivity contribution in [1.29, 1.82) is 0 Å². The van der Waals surface area contributed by atoms with E-state index in [2.05, 4.69) is 5.32 Å². The lowest BCUT2D eigenvalue weighted by atomic mass is 9.85. The number of nitrogens with one attached hydrogen (secondary N) is 1. The lowest BCUT2D eigenvalue weighted by molar-refractivity contribution is 0.0485. The molecule has 5 heteroatoms. The Bertz CT molecular complexity index is 623. The number of anilines is 1. The Morgan fingerprint density at radius 2 is 1.92 bits per heavy atom. The van der Waals surface area contributed by atoms with Crippen LogP contribution in [0.5, 0.6) is 0 Å². The van der Waals surface area contributed by atoms with Gasteiger partial charge in [0, 0.05) is 37.6 Å². The zero-order valence-corrected chi connectivity index (χ0v) is 14.5. The number of urea groups is 1.